The van der Waals surface area contributed by atoms with Gasteiger partial charge >= 0.3 is 0 Å². The molecule has 0 aliphatic carbocycles. The number of nitrogens with zero attached hydrogens (tertiary/aromatic N) is 1. The molecule has 0 fully saturated rings. The SMILES string of the molecule is O=C(Nc1ccccc1C(=O)Nc1nccs1)c1ccccc1I. The molecule has 0 aliphatic rings. The fourth-order valence-electron chi connectivity index (χ4n) is 2.07. The van der Waals surface area contributed by atoms with Crippen LogP contribution in [-0.4, -0.2) is 16.8 Å². The van der Waals surface area contributed by atoms with Crippen LogP contribution in [0.1, 0.15) is 20.7 Å². The van der Waals surface area contributed by atoms with E-state index >= 15 is 0 Å². The van der Waals surface area contributed by atoms with Crippen LogP contribution in [0.25, 0.3) is 0 Å². The van der Waals surface area contributed by atoms with E-state index in [9.17, 15) is 9.59 Å². The summed E-state index contributed by atoms with van der Waals surface area (Å²) < 4.78 is 0.845. The van der Waals surface area contributed by atoms with Crippen molar-refractivity contribution in [3.63, 3.8) is 0 Å². The highest BCUT2D eigenvalue weighted by atomic mass is 127. The van der Waals surface area contributed by atoms with E-state index in [4.69, 9.17) is 0 Å². The number of rotatable bonds is 4. The van der Waals surface area contributed by atoms with Crippen LogP contribution < -0.4 is 10.6 Å². The minimum atomic E-state index is -0.316. The number of benzene rings is 2. The average Bonchev–Trinajstić information content (AvgIpc) is 3.08. The van der Waals surface area contributed by atoms with Crippen molar-refractivity contribution in [3.05, 3.63) is 74.8 Å². The van der Waals surface area contributed by atoms with E-state index in [1.54, 1.807) is 48.0 Å². The maximum absolute atomic E-state index is 12.5. The van der Waals surface area contributed by atoms with Crippen LogP contribution in [0.5, 0.6) is 0 Å². The lowest BCUT2D eigenvalue weighted by atomic mass is 10.1. The maximum atomic E-state index is 12.5. The first kappa shape index (κ1) is 16.6. The first-order valence-corrected chi connectivity index (χ1v) is 8.97. The van der Waals surface area contributed by atoms with Gasteiger partial charge in [-0.2, -0.15) is 0 Å². The van der Waals surface area contributed by atoms with Crippen molar-refractivity contribution < 1.29 is 9.59 Å². The molecule has 1 heterocycles. The molecule has 1 aromatic heterocycles. The molecule has 2 amide bonds. The summed E-state index contributed by atoms with van der Waals surface area (Å²) in [6.07, 6.45) is 1.62. The Morgan fingerprint density at radius 3 is 2.29 bits per heavy atom. The van der Waals surface area contributed by atoms with Gasteiger partial charge in [0.05, 0.1) is 16.8 Å². The Balaban J connectivity index is 1.83. The van der Waals surface area contributed by atoms with Crippen LogP contribution >= 0.6 is 33.9 Å². The summed E-state index contributed by atoms with van der Waals surface area (Å²) in [5.74, 6) is -0.571. The lowest BCUT2D eigenvalue weighted by Gasteiger charge is -2.11. The van der Waals surface area contributed by atoms with Gasteiger partial charge in [-0.05, 0) is 46.9 Å². The number of nitrogens with one attached hydrogen (secondary N) is 2. The summed E-state index contributed by atoms with van der Waals surface area (Å²) in [6.45, 7) is 0. The summed E-state index contributed by atoms with van der Waals surface area (Å²) in [5.41, 5.74) is 1.40. The zero-order valence-corrected chi connectivity index (χ0v) is 15.3. The molecule has 0 aliphatic heterocycles. The molecular weight excluding hydrogens is 437 g/mol. The molecule has 0 spiro atoms. The van der Waals surface area contributed by atoms with Gasteiger partial charge in [0.15, 0.2) is 5.13 Å². The molecule has 3 aromatic rings. The van der Waals surface area contributed by atoms with E-state index in [1.807, 2.05) is 12.1 Å². The fourth-order valence-corrected chi connectivity index (χ4v) is 3.23. The molecule has 0 bridgehead atoms. The van der Waals surface area contributed by atoms with Crippen LogP contribution in [0.4, 0.5) is 10.8 Å². The molecule has 120 valence electrons. The third-order valence-electron chi connectivity index (χ3n) is 3.19. The van der Waals surface area contributed by atoms with Gasteiger partial charge in [0.2, 0.25) is 0 Å². The molecule has 7 heteroatoms. The highest BCUT2D eigenvalue weighted by Crippen LogP contribution is 2.20. The van der Waals surface area contributed by atoms with Crippen LogP contribution in [-0.2, 0) is 0 Å². The van der Waals surface area contributed by atoms with Crippen LogP contribution in [0.3, 0.4) is 0 Å². The zero-order valence-electron chi connectivity index (χ0n) is 12.3. The van der Waals surface area contributed by atoms with E-state index in [2.05, 4.69) is 38.2 Å². The van der Waals surface area contributed by atoms with Gasteiger partial charge in [-0.3, -0.25) is 14.9 Å². The van der Waals surface area contributed by atoms with Gasteiger partial charge in [0.25, 0.3) is 11.8 Å². The highest BCUT2D eigenvalue weighted by molar-refractivity contribution is 14.1. The van der Waals surface area contributed by atoms with Crippen molar-refractivity contribution in [2.24, 2.45) is 0 Å². The number of hydrogen-bond acceptors (Lipinski definition) is 4. The second kappa shape index (κ2) is 7.54. The molecule has 0 atom stereocenters. The Kier molecular flexibility index (Phi) is 5.21. The highest BCUT2D eigenvalue weighted by Gasteiger charge is 2.16. The first-order valence-electron chi connectivity index (χ1n) is 7.01. The van der Waals surface area contributed by atoms with Crippen molar-refractivity contribution in [1.82, 2.24) is 4.98 Å². The number of thiazole rings is 1. The predicted molar refractivity (Wildman–Crippen MR) is 104 cm³/mol. The smallest absolute Gasteiger partial charge is 0.259 e. The molecule has 0 radical (unpaired) electrons. The molecule has 2 aromatic carbocycles. The Labute approximate surface area is 156 Å². The standard InChI is InChI=1S/C17H12IN3O2S/c18-13-7-3-1-5-11(13)15(22)20-14-8-4-2-6-12(14)16(23)21-17-19-9-10-24-17/h1-10H,(H,20,22)(H,19,21,23). The van der Waals surface area contributed by atoms with Crippen LogP contribution in [0.15, 0.2) is 60.1 Å². The molecule has 24 heavy (non-hydrogen) atoms. The summed E-state index contributed by atoms with van der Waals surface area (Å²) in [5, 5.41) is 7.82. The van der Waals surface area contributed by atoms with E-state index in [0.717, 1.165) is 3.57 Å². The lowest BCUT2D eigenvalue weighted by molar-refractivity contribution is 0.102. The molecule has 5 nitrogen and oxygen atoms in total. The number of amides is 2. The second-order valence-corrected chi connectivity index (χ2v) is 6.83. The maximum Gasteiger partial charge on any atom is 0.259 e. The summed E-state index contributed by atoms with van der Waals surface area (Å²) in [6, 6.07) is 14.2. The topological polar surface area (TPSA) is 71.1 Å². The number of anilines is 2. The Morgan fingerprint density at radius 2 is 1.58 bits per heavy atom. The number of para-hydroxylation sites is 1. The quantitative estimate of drug-likeness (QED) is 0.586. The van der Waals surface area contributed by atoms with Gasteiger partial charge in [0, 0.05) is 15.1 Å². The van der Waals surface area contributed by atoms with Gasteiger partial charge in [-0.25, -0.2) is 4.98 Å². The second-order valence-electron chi connectivity index (χ2n) is 4.77. The van der Waals surface area contributed by atoms with Gasteiger partial charge in [0.1, 0.15) is 0 Å². The number of carbonyl (C=O) groups is 2. The molecule has 0 unspecified atom stereocenters. The summed E-state index contributed by atoms with van der Waals surface area (Å²) in [7, 11) is 0. The van der Waals surface area contributed by atoms with Gasteiger partial charge in [-0.1, -0.05) is 24.3 Å². The number of halogens is 1. The van der Waals surface area contributed by atoms with Crippen molar-refractivity contribution in [3.8, 4) is 0 Å². The van der Waals surface area contributed by atoms with E-state index in [0.29, 0.717) is 21.9 Å². The number of aromatic nitrogens is 1. The van der Waals surface area contributed by atoms with E-state index in [-0.39, 0.29) is 11.8 Å². The van der Waals surface area contributed by atoms with Crippen LogP contribution in [0, 0.1) is 3.57 Å². The van der Waals surface area contributed by atoms with E-state index in [1.165, 1.54) is 11.3 Å². The van der Waals surface area contributed by atoms with Crippen molar-refractivity contribution in [2.45, 2.75) is 0 Å². The van der Waals surface area contributed by atoms with Crippen molar-refractivity contribution in [1.29, 1.82) is 0 Å². The fraction of sp³-hybridized carbons (Fsp3) is 0. The normalized spacial score (nSPS) is 10.2. The monoisotopic (exact) mass is 449 g/mol. The zero-order chi connectivity index (χ0) is 16.9. The number of carbonyl (C=O) groups excluding carboxylic acids is 2. The first-order chi connectivity index (χ1) is 11.6. The Morgan fingerprint density at radius 1 is 0.917 bits per heavy atom. The molecule has 0 saturated heterocycles. The van der Waals surface area contributed by atoms with E-state index < -0.39 is 0 Å². The largest absolute Gasteiger partial charge is 0.321 e. The van der Waals surface area contributed by atoms with Gasteiger partial charge < -0.3 is 5.32 Å². The minimum Gasteiger partial charge on any atom is -0.321 e. The number of hydrogen-bond donors (Lipinski definition) is 2. The lowest BCUT2D eigenvalue weighted by Crippen LogP contribution is -2.18. The molecular formula is C17H12IN3O2S. The third-order valence-corrected chi connectivity index (χ3v) is 4.82. The molecule has 3 rings (SSSR count). The minimum absolute atomic E-state index is 0.255. The predicted octanol–water partition coefficient (Wildman–Crippen LogP) is 4.25. The Hall–Kier alpha value is -2.26. The Bertz CT molecular complexity index is 881. The van der Waals surface area contributed by atoms with Crippen molar-refractivity contribution >= 4 is 56.6 Å². The van der Waals surface area contributed by atoms with Gasteiger partial charge in [-0.15, -0.1) is 11.3 Å². The van der Waals surface area contributed by atoms with Crippen molar-refractivity contribution in [2.75, 3.05) is 10.6 Å². The molecule has 2 N–H and O–H groups in total. The summed E-state index contributed by atoms with van der Waals surface area (Å²) in [4.78, 5) is 28.9. The molecule has 0 saturated carbocycles. The average molecular weight is 449 g/mol. The summed E-state index contributed by atoms with van der Waals surface area (Å²) >= 11 is 3.44. The third kappa shape index (κ3) is 3.80. The van der Waals surface area contributed by atoms with Crippen LogP contribution in [0.2, 0.25) is 0 Å².